The number of anilines is 1. The second-order valence-electron chi connectivity index (χ2n) is 6.80. The zero-order valence-corrected chi connectivity index (χ0v) is 17.2. The Balaban J connectivity index is 1.33. The topological polar surface area (TPSA) is 98.5 Å². The van der Waals surface area contributed by atoms with Gasteiger partial charge in [-0.2, -0.15) is 4.98 Å². The van der Waals surface area contributed by atoms with Gasteiger partial charge in [-0.1, -0.05) is 6.07 Å². The molecular formula is C22H16N4O4S. The van der Waals surface area contributed by atoms with Gasteiger partial charge in [0.1, 0.15) is 0 Å². The Morgan fingerprint density at radius 2 is 1.97 bits per heavy atom. The molecule has 4 aromatic rings. The molecule has 3 heterocycles. The van der Waals surface area contributed by atoms with Crippen molar-refractivity contribution in [3.8, 4) is 23.0 Å². The minimum absolute atomic E-state index is 0.145. The van der Waals surface area contributed by atoms with Gasteiger partial charge in [0.2, 0.25) is 12.7 Å². The monoisotopic (exact) mass is 432 g/mol. The lowest BCUT2D eigenvalue weighted by Gasteiger charge is -2.13. The fourth-order valence-electron chi connectivity index (χ4n) is 3.25. The van der Waals surface area contributed by atoms with Crippen LogP contribution < -0.4 is 20.1 Å². The average molecular weight is 432 g/mol. The van der Waals surface area contributed by atoms with E-state index in [-0.39, 0.29) is 17.8 Å². The molecule has 2 aromatic heterocycles. The molecule has 2 aromatic carbocycles. The maximum atomic E-state index is 12.6. The third kappa shape index (κ3) is 3.66. The summed E-state index contributed by atoms with van der Waals surface area (Å²) in [5.41, 5.74) is 3.96. The summed E-state index contributed by atoms with van der Waals surface area (Å²) in [6.07, 6.45) is 1.67. The number of ether oxygens (including phenoxy) is 2. The van der Waals surface area contributed by atoms with Gasteiger partial charge in [-0.05, 0) is 67.2 Å². The number of rotatable bonds is 3. The van der Waals surface area contributed by atoms with E-state index in [4.69, 9.17) is 26.1 Å². The first-order valence-corrected chi connectivity index (χ1v) is 9.83. The highest BCUT2D eigenvalue weighted by Crippen LogP contribution is 2.32. The normalized spacial score (nSPS) is 12.0. The molecule has 0 fully saturated rings. The zero-order chi connectivity index (χ0) is 21.4. The molecule has 0 radical (unpaired) electrons. The van der Waals surface area contributed by atoms with Crippen LogP contribution in [0.25, 0.3) is 22.7 Å². The number of nitrogens with zero attached hydrogens (tertiary/aromatic N) is 2. The SMILES string of the molecule is Cc1c(NC(=S)NC(=O)c2ccc3c(c2)OCO3)cccc1-c1nc2ncccc2o1. The molecule has 0 unspecified atom stereocenters. The van der Waals surface area contributed by atoms with Crippen LogP contribution in [0.15, 0.2) is 59.1 Å². The zero-order valence-electron chi connectivity index (χ0n) is 16.3. The quantitative estimate of drug-likeness (QED) is 0.468. The van der Waals surface area contributed by atoms with Gasteiger partial charge in [-0.3, -0.25) is 10.1 Å². The summed E-state index contributed by atoms with van der Waals surface area (Å²) < 4.78 is 16.4. The largest absolute Gasteiger partial charge is 0.454 e. The number of nitrogens with one attached hydrogen (secondary N) is 2. The third-order valence-corrected chi connectivity index (χ3v) is 5.04. The van der Waals surface area contributed by atoms with Gasteiger partial charge in [0, 0.05) is 23.0 Å². The summed E-state index contributed by atoms with van der Waals surface area (Å²) in [5.74, 6) is 1.25. The van der Waals surface area contributed by atoms with Crippen LogP contribution in [0.1, 0.15) is 15.9 Å². The minimum Gasteiger partial charge on any atom is -0.454 e. The number of aromatic nitrogens is 2. The van der Waals surface area contributed by atoms with Gasteiger partial charge in [0.05, 0.1) is 0 Å². The van der Waals surface area contributed by atoms with Crippen molar-refractivity contribution in [2.75, 3.05) is 12.1 Å². The fourth-order valence-corrected chi connectivity index (χ4v) is 3.46. The maximum absolute atomic E-state index is 12.6. The smallest absolute Gasteiger partial charge is 0.257 e. The molecule has 0 bridgehead atoms. The molecule has 154 valence electrons. The Bertz CT molecular complexity index is 1300. The maximum Gasteiger partial charge on any atom is 0.257 e. The molecular weight excluding hydrogens is 416 g/mol. The number of hydrogen-bond donors (Lipinski definition) is 2. The first kappa shape index (κ1) is 19.0. The van der Waals surface area contributed by atoms with Crippen LogP contribution in [0.2, 0.25) is 0 Å². The number of amides is 1. The Labute approximate surface area is 182 Å². The molecule has 0 spiro atoms. The Kier molecular flexibility index (Phi) is 4.72. The molecule has 1 aliphatic heterocycles. The van der Waals surface area contributed by atoms with Gasteiger partial charge in [-0.25, -0.2) is 4.98 Å². The molecule has 31 heavy (non-hydrogen) atoms. The van der Waals surface area contributed by atoms with Crippen molar-refractivity contribution in [1.82, 2.24) is 15.3 Å². The highest BCUT2D eigenvalue weighted by molar-refractivity contribution is 7.80. The van der Waals surface area contributed by atoms with Crippen molar-refractivity contribution in [2.24, 2.45) is 0 Å². The second kappa shape index (κ2) is 7.69. The Morgan fingerprint density at radius 1 is 1.10 bits per heavy atom. The lowest BCUT2D eigenvalue weighted by atomic mass is 10.1. The summed E-state index contributed by atoms with van der Waals surface area (Å²) in [7, 11) is 0. The van der Waals surface area contributed by atoms with Crippen LogP contribution in [0.4, 0.5) is 5.69 Å². The summed E-state index contributed by atoms with van der Waals surface area (Å²) in [4.78, 5) is 21.2. The van der Waals surface area contributed by atoms with Crippen LogP contribution in [-0.2, 0) is 0 Å². The van der Waals surface area contributed by atoms with E-state index in [1.165, 1.54) is 0 Å². The van der Waals surface area contributed by atoms with E-state index in [2.05, 4.69) is 20.6 Å². The average Bonchev–Trinajstić information content (AvgIpc) is 3.41. The molecule has 8 nitrogen and oxygen atoms in total. The van der Waals surface area contributed by atoms with Crippen molar-refractivity contribution >= 4 is 40.2 Å². The minimum atomic E-state index is -0.352. The van der Waals surface area contributed by atoms with Gasteiger partial charge >= 0.3 is 0 Å². The predicted octanol–water partition coefficient (Wildman–Crippen LogP) is 4.05. The van der Waals surface area contributed by atoms with Crippen LogP contribution in [-0.4, -0.2) is 27.8 Å². The van der Waals surface area contributed by atoms with Crippen molar-refractivity contribution in [3.63, 3.8) is 0 Å². The van der Waals surface area contributed by atoms with Crippen LogP contribution in [0.5, 0.6) is 11.5 Å². The van der Waals surface area contributed by atoms with Crippen molar-refractivity contribution < 1.29 is 18.7 Å². The van der Waals surface area contributed by atoms with Gasteiger partial charge in [0.15, 0.2) is 27.8 Å². The van der Waals surface area contributed by atoms with Gasteiger partial charge < -0.3 is 19.2 Å². The number of fused-ring (bicyclic) bond motifs is 2. The highest BCUT2D eigenvalue weighted by atomic mass is 32.1. The molecule has 5 rings (SSSR count). The van der Waals surface area contributed by atoms with Crippen LogP contribution >= 0.6 is 12.2 Å². The summed E-state index contributed by atoms with van der Waals surface area (Å²) in [6.45, 7) is 2.06. The van der Waals surface area contributed by atoms with E-state index in [1.54, 1.807) is 30.5 Å². The number of benzene rings is 2. The first-order chi connectivity index (χ1) is 15.1. The number of carbonyl (C=O) groups excluding carboxylic acids is 1. The number of hydrogen-bond acceptors (Lipinski definition) is 7. The number of thiocarbonyl (C=S) groups is 1. The lowest BCUT2D eigenvalue weighted by Crippen LogP contribution is -2.34. The molecule has 0 saturated heterocycles. The number of oxazole rings is 1. The molecule has 0 saturated carbocycles. The van der Waals surface area contributed by atoms with E-state index in [1.807, 2.05) is 31.2 Å². The van der Waals surface area contributed by atoms with Crippen molar-refractivity contribution in [1.29, 1.82) is 0 Å². The molecule has 0 atom stereocenters. The molecule has 1 amide bonds. The van der Waals surface area contributed by atoms with E-state index in [0.717, 1.165) is 16.8 Å². The standard InChI is InChI=1S/C22H16N4O4S/c1-12-14(21-25-19-17(30-21)6-3-9-23-19)4-2-5-15(12)24-22(31)26-20(27)13-7-8-16-18(10-13)29-11-28-16/h2-10H,11H2,1H3,(H2,24,26,27,31). The van der Waals surface area contributed by atoms with Crippen LogP contribution in [0, 0.1) is 6.92 Å². The first-order valence-electron chi connectivity index (χ1n) is 9.42. The van der Waals surface area contributed by atoms with Gasteiger partial charge in [0.25, 0.3) is 5.91 Å². The summed E-state index contributed by atoms with van der Waals surface area (Å²) >= 11 is 5.34. The fraction of sp³-hybridized carbons (Fsp3) is 0.0909. The van der Waals surface area contributed by atoms with Gasteiger partial charge in [-0.15, -0.1) is 0 Å². The van der Waals surface area contributed by atoms with E-state index >= 15 is 0 Å². The van der Waals surface area contributed by atoms with E-state index < -0.39 is 0 Å². The Hall–Kier alpha value is -3.98. The third-order valence-electron chi connectivity index (χ3n) is 4.84. The predicted molar refractivity (Wildman–Crippen MR) is 118 cm³/mol. The molecule has 9 heteroatoms. The molecule has 2 N–H and O–H groups in total. The van der Waals surface area contributed by atoms with E-state index in [9.17, 15) is 4.79 Å². The number of pyridine rings is 1. The molecule has 1 aliphatic rings. The second-order valence-corrected chi connectivity index (χ2v) is 7.21. The van der Waals surface area contributed by atoms with Crippen molar-refractivity contribution in [3.05, 3.63) is 65.9 Å². The van der Waals surface area contributed by atoms with E-state index in [0.29, 0.717) is 34.2 Å². The van der Waals surface area contributed by atoms with Crippen LogP contribution in [0.3, 0.4) is 0 Å². The number of carbonyl (C=O) groups is 1. The lowest BCUT2D eigenvalue weighted by molar-refractivity contribution is 0.0977. The summed E-state index contributed by atoms with van der Waals surface area (Å²) in [5, 5.41) is 5.91. The highest BCUT2D eigenvalue weighted by Gasteiger charge is 2.18. The van der Waals surface area contributed by atoms with Crippen molar-refractivity contribution in [2.45, 2.75) is 6.92 Å². The Morgan fingerprint density at radius 3 is 2.84 bits per heavy atom. The summed E-state index contributed by atoms with van der Waals surface area (Å²) in [6, 6.07) is 14.2. The molecule has 0 aliphatic carbocycles.